The van der Waals surface area contributed by atoms with Gasteiger partial charge in [-0.05, 0) is 62.7 Å². The van der Waals surface area contributed by atoms with Gasteiger partial charge in [0, 0.05) is 17.6 Å². The predicted molar refractivity (Wildman–Crippen MR) is 110 cm³/mol. The van der Waals surface area contributed by atoms with E-state index in [9.17, 15) is 9.59 Å². The number of carbonyl (C=O) groups excluding carboxylic acids is 2. The Hall–Kier alpha value is -1.32. The van der Waals surface area contributed by atoms with E-state index in [1.54, 1.807) is 0 Å². The summed E-state index contributed by atoms with van der Waals surface area (Å²) >= 11 is 0. The van der Waals surface area contributed by atoms with Gasteiger partial charge in [0.2, 0.25) is 0 Å². The topological polar surface area (TPSA) is 52.6 Å². The van der Waals surface area contributed by atoms with Crippen molar-refractivity contribution in [3.05, 3.63) is 12.2 Å². The van der Waals surface area contributed by atoms with E-state index in [2.05, 4.69) is 6.92 Å². The molecule has 0 aromatic rings. The molecule has 0 radical (unpaired) electrons. The van der Waals surface area contributed by atoms with Crippen molar-refractivity contribution < 1.29 is 19.1 Å². The number of unbranched alkanes of at least 4 members (excludes halogenated alkanes) is 6. The summed E-state index contributed by atoms with van der Waals surface area (Å²) in [5.74, 6) is 1.69. The van der Waals surface area contributed by atoms with Crippen LogP contribution in [0.2, 0.25) is 0 Å². The number of esters is 2. The van der Waals surface area contributed by atoms with Gasteiger partial charge in [-0.1, -0.05) is 45.4 Å². The average molecular weight is 391 g/mol. The number of rotatable bonds is 12. The minimum atomic E-state index is -0.447. The summed E-state index contributed by atoms with van der Waals surface area (Å²) in [7, 11) is 0. The van der Waals surface area contributed by atoms with Crippen molar-refractivity contribution in [3.8, 4) is 0 Å². The molecule has 0 amide bonds. The summed E-state index contributed by atoms with van der Waals surface area (Å²) in [5, 5.41) is 0. The average Bonchev–Trinajstić information content (AvgIpc) is 2.66. The molecule has 0 spiro atoms. The zero-order valence-electron chi connectivity index (χ0n) is 17.6. The van der Waals surface area contributed by atoms with Crippen LogP contribution in [-0.2, 0) is 19.1 Å². The summed E-state index contributed by atoms with van der Waals surface area (Å²) < 4.78 is 10.7. The number of carbonyl (C=O) groups is 2. The van der Waals surface area contributed by atoms with Gasteiger partial charge in [-0.2, -0.15) is 0 Å². The van der Waals surface area contributed by atoms with Gasteiger partial charge < -0.3 is 9.47 Å². The fourth-order valence-corrected chi connectivity index (χ4v) is 6.16. The monoisotopic (exact) mass is 390 g/mol. The van der Waals surface area contributed by atoms with Crippen LogP contribution in [0.15, 0.2) is 12.2 Å². The zero-order valence-corrected chi connectivity index (χ0v) is 17.6. The van der Waals surface area contributed by atoms with Crippen LogP contribution in [0.25, 0.3) is 0 Å². The molecule has 0 atom stereocenters. The number of ether oxygens (including phenoxy) is 2. The lowest BCUT2D eigenvalue weighted by Gasteiger charge is -2.56. The Morgan fingerprint density at radius 2 is 1.29 bits per heavy atom. The van der Waals surface area contributed by atoms with Crippen molar-refractivity contribution in [1.29, 1.82) is 0 Å². The summed E-state index contributed by atoms with van der Waals surface area (Å²) in [5.41, 5.74) is 0.218. The van der Waals surface area contributed by atoms with Crippen molar-refractivity contribution in [1.82, 2.24) is 0 Å². The Labute approximate surface area is 170 Å². The molecule has 0 aromatic carbocycles. The van der Waals surface area contributed by atoms with E-state index in [-0.39, 0.29) is 5.41 Å². The van der Waals surface area contributed by atoms with E-state index >= 15 is 0 Å². The van der Waals surface area contributed by atoms with Crippen molar-refractivity contribution in [2.24, 2.45) is 23.2 Å². The molecule has 4 bridgehead atoms. The van der Waals surface area contributed by atoms with Gasteiger partial charge >= 0.3 is 11.9 Å². The first kappa shape index (κ1) is 21.4. The second kappa shape index (κ2) is 10.5. The van der Waals surface area contributed by atoms with E-state index in [4.69, 9.17) is 9.47 Å². The van der Waals surface area contributed by atoms with Gasteiger partial charge in [-0.15, -0.1) is 0 Å². The molecule has 0 saturated heterocycles. The van der Waals surface area contributed by atoms with Gasteiger partial charge in [-0.3, -0.25) is 0 Å². The number of hydrogen-bond acceptors (Lipinski definition) is 4. The molecule has 4 rings (SSSR count). The van der Waals surface area contributed by atoms with Gasteiger partial charge in [0.25, 0.3) is 0 Å². The van der Waals surface area contributed by atoms with Crippen LogP contribution in [0.5, 0.6) is 0 Å². The third kappa shape index (κ3) is 6.35. The minimum absolute atomic E-state index is 0.218. The normalized spacial score (nSPS) is 30.7. The Bertz CT molecular complexity index is 516. The first-order chi connectivity index (χ1) is 13.6. The first-order valence-corrected chi connectivity index (χ1v) is 11.6. The smallest absolute Gasteiger partial charge is 0.331 e. The van der Waals surface area contributed by atoms with Gasteiger partial charge in [-0.25, -0.2) is 9.59 Å². The van der Waals surface area contributed by atoms with Crippen LogP contribution in [0.4, 0.5) is 0 Å². The Balaban J connectivity index is 1.26. The van der Waals surface area contributed by atoms with E-state index in [0.717, 1.165) is 30.6 Å². The van der Waals surface area contributed by atoms with Crippen molar-refractivity contribution in [3.63, 3.8) is 0 Å². The first-order valence-electron chi connectivity index (χ1n) is 11.6. The van der Waals surface area contributed by atoms with E-state index in [0.29, 0.717) is 13.2 Å². The van der Waals surface area contributed by atoms with Crippen LogP contribution in [0, 0.1) is 23.2 Å². The molecule has 4 nitrogen and oxygen atoms in total. The molecule has 0 N–H and O–H groups in total. The fourth-order valence-electron chi connectivity index (χ4n) is 6.16. The van der Waals surface area contributed by atoms with E-state index in [1.165, 1.54) is 82.8 Å². The standard InChI is InChI=1S/C24H38O4/c1-2-3-4-5-6-7-8-11-27-22(25)9-10-23(26)28-18-24-15-19-12-20(16-24)14-21(13-19)17-24/h9-10,19-21H,2-8,11-18H2,1H3/b10-9+. The maximum Gasteiger partial charge on any atom is 0.331 e. The molecule has 4 heteroatoms. The molecular formula is C24H38O4. The molecule has 4 aliphatic carbocycles. The van der Waals surface area contributed by atoms with E-state index < -0.39 is 11.9 Å². The summed E-state index contributed by atoms with van der Waals surface area (Å²) in [4.78, 5) is 23.8. The summed E-state index contributed by atoms with van der Waals surface area (Å²) in [6.45, 7) is 3.16. The summed E-state index contributed by atoms with van der Waals surface area (Å²) in [6.07, 6.45) is 18.6. The largest absolute Gasteiger partial charge is 0.463 e. The van der Waals surface area contributed by atoms with Crippen LogP contribution in [0.1, 0.15) is 90.4 Å². The van der Waals surface area contributed by atoms with Crippen molar-refractivity contribution >= 4 is 11.9 Å². The number of hydrogen-bond donors (Lipinski definition) is 0. The van der Waals surface area contributed by atoms with E-state index in [1.807, 2.05) is 0 Å². The molecule has 4 aliphatic rings. The summed E-state index contributed by atoms with van der Waals surface area (Å²) in [6, 6.07) is 0. The lowest BCUT2D eigenvalue weighted by molar-refractivity contribution is -0.150. The molecular weight excluding hydrogens is 352 g/mol. The second-order valence-corrected chi connectivity index (χ2v) is 9.65. The molecule has 0 heterocycles. The third-order valence-electron chi connectivity index (χ3n) is 7.03. The maximum absolute atomic E-state index is 12.0. The highest BCUT2D eigenvalue weighted by Gasteiger charge is 2.51. The van der Waals surface area contributed by atoms with Crippen LogP contribution in [0.3, 0.4) is 0 Å². The van der Waals surface area contributed by atoms with Crippen LogP contribution in [-0.4, -0.2) is 25.2 Å². The highest BCUT2D eigenvalue weighted by Crippen LogP contribution is 2.60. The maximum atomic E-state index is 12.0. The SMILES string of the molecule is CCCCCCCCCOC(=O)/C=C/C(=O)OCC12CC3CC(CC(C3)C1)C2. The molecule has 28 heavy (non-hydrogen) atoms. The minimum Gasteiger partial charge on any atom is -0.463 e. The van der Waals surface area contributed by atoms with Crippen LogP contribution < -0.4 is 0 Å². The Kier molecular flexibility index (Phi) is 7.99. The third-order valence-corrected chi connectivity index (χ3v) is 7.03. The Morgan fingerprint density at radius 3 is 1.86 bits per heavy atom. The molecule has 158 valence electrons. The molecule has 4 fully saturated rings. The fraction of sp³-hybridized carbons (Fsp3) is 0.833. The zero-order chi connectivity index (χ0) is 19.8. The van der Waals surface area contributed by atoms with Gasteiger partial charge in [0.15, 0.2) is 0 Å². The highest BCUT2D eigenvalue weighted by atomic mass is 16.5. The second-order valence-electron chi connectivity index (χ2n) is 9.65. The lowest BCUT2D eigenvalue weighted by atomic mass is 9.50. The predicted octanol–water partition coefficient (Wildman–Crippen LogP) is 5.60. The molecule has 0 aromatic heterocycles. The van der Waals surface area contributed by atoms with Gasteiger partial charge in [0.1, 0.15) is 0 Å². The van der Waals surface area contributed by atoms with Crippen LogP contribution >= 0.6 is 0 Å². The quantitative estimate of drug-likeness (QED) is 0.247. The molecule has 0 unspecified atom stereocenters. The van der Waals surface area contributed by atoms with Crippen molar-refractivity contribution in [2.45, 2.75) is 90.4 Å². The van der Waals surface area contributed by atoms with Gasteiger partial charge in [0.05, 0.1) is 13.2 Å². The lowest BCUT2D eigenvalue weighted by Crippen LogP contribution is -2.48. The Morgan fingerprint density at radius 1 is 0.786 bits per heavy atom. The van der Waals surface area contributed by atoms with Crippen molar-refractivity contribution in [2.75, 3.05) is 13.2 Å². The molecule has 4 saturated carbocycles. The highest BCUT2D eigenvalue weighted by molar-refractivity contribution is 5.91. The molecule has 0 aliphatic heterocycles.